The lowest BCUT2D eigenvalue weighted by Crippen LogP contribution is -2.24. The molecule has 1 amide bonds. The lowest BCUT2D eigenvalue weighted by Gasteiger charge is -2.15. The monoisotopic (exact) mass is 236 g/mol. The highest BCUT2D eigenvalue weighted by molar-refractivity contribution is 5.92. The number of nitrogens with one attached hydrogen (secondary N) is 1. The summed E-state index contributed by atoms with van der Waals surface area (Å²) in [6, 6.07) is 2.89. The van der Waals surface area contributed by atoms with E-state index < -0.39 is 5.97 Å². The molecular formula is C12H16N2O3. The summed E-state index contributed by atoms with van der Waals surface area (Å²) in [5, 5.41) is 11.4. The van der Waals surface area contributed by atoms with E-state index in [2.05, 4.69) is 10.3 Å². The number of hydrogen-bond acceptors (Lipinski definition) is 3. The Kier molecular flexibility index (Phi) is 4.20. The molecule has 1 unspecified atom stereocenters. The molecule has 0 spiro atoms. The maximum atomic E-state index is 11.7. The number of carboxylic acid groups (broad SMARTS) is 1. The lowest BCUT2D eigenvalue weighted by molar-refractivity contribution is -0.120. The fourth-order valence-corrected chi connectivity index (χ4v) is 1.15. The standard InChI is InChI=1S/C12H16N2O3/c1-7(2)8(3)11(15)14-9-4-5-10(12(16)17)13-6-9/h4-8H,1-3H3,(H,14,15)(H,16,17). The van der Waals surface area contributed by atoms with Crippen molar-refractivity contribution in [2.45, 2.75) is 20.8 Å². The molecule has 0 saturated carbocycles. The number of carbonyl (C=O) groups is 2. The molecule has 5 nitrogen and oxygen atoms in total. The number of amides is 1. The average molecular weight is 236 g/mol. The Hall–Kier alpha value is -1.91. The van der Waals surface area contributed by atoms with Gasteiger partial charge in [-0.2, -0.15) is 0 Å². The first kappa shape index (κ1) is 13.2. The summed E-state index contributed by atoms with van der Waals surface area (Å²) in [4.78, 5) is 26.0. The maximum Gasteiger partial charge on any atom is 0.354 e. The molecule has 0 aromatic carbocycles. The van der Waals surface area contributed by atoms with Gasteiger partial charge in [-0.1, -0.05) is 20.8 Å². The van der Waals surface area contributed by atoms with Crippen molar-refractivity contribution in [3.8, 4) is 0 Å². The van der Waals surface area contributed by atoms with Gasteiger partial charge in [-0.25, -0.2) is 9.78 Å². The Morgan fingerprint density at radius 2 is 1.94 bits per heavy atom. The van der Waals surface area contributed by atoms with E-state index >= 15 is 0 Å². The van der Waals surface area contributed by atoms with Crippen LogP contribution in [0.1, 0.15) is 31.3 Å². The third-order valence-electron chi connectivity index (χ3n) is 2.66. The smallest absolute Gasteiger partial charge is 0.354 e. The Morgan fingerprint density at radius 3 is 2.35 bits per heavy atom. The van der Waals surface area contributed by atoms with Crippen molar-refractivity contribution in [2.75, 3.05) is 5.32 Å². The Labute approximate surface area is 99.9 Å². The highest BCUT2D eigenvalue weighted by Crippen LogP contribution is 2.13. The van der Waals surface area contributed by atoms with Crippen LogP contribution in [-0.4, -0.2) is 22.0 Å². The van der Waals surface area contributed by atoms with E-state index in [-0.39, 0.29) is 23.4 Å². The molecule has 2 N–H and O–H groups in total. The van der Waals surface area contributed by atoms with Crippen LogP contribution < -0.4 is 5.32 Å². The molecule has 1 rings (SSSR count). The van der Waals surface area contributed by atoms with Crippen molar-refractivity contribution in [3.63, 3.8) is 0 Å². The maximum absolute atomic E-state index is 11.7. The molecular weight excluding hydrogens is 220 g/mol. The van der Waals surface area contributed by atoms with Gasteiger partial charge in [0.05, 0.1) is 11.9 Å². The van der Waals surface area contributed by atoms with Crippen molar-refractivity contribution in [3.05, 3.63) is 24.0 Å². The first-order valence-corrected chi connectivity index (χ1v) is 5.42. The Balaban J connectivity index is 2.70. The molecule has 1 heterocycles. The first-order valence-electron chi connectivity index (χ1n) is 5.42. The van der Waals surface area contributed by atoms with E-state index in [1.807, 2.05) is 20.8 Å². The van der Waals surface area contributed by atoms with Crippen LogP contribution in [-0.2, 0) is 4.79 Å². The van der Waals surface area contributed by atoms with Crippen LogP contribution >= 0.6 is 0 Å². The van der Waals surface area contributed by atoms with Gasteiger partial charge >= 0.3 is 5.97 Å². The van der Waals surface area contributed by atoms with Crippen molar-refractivity contribution in [2.24, 2.45) is 11.8 Å². The van der Waals surface area contributed by atoms with Crippen molar-refractivity contribution in [1.29, 1.82) is 0 Å². The molecule has 17 heavy (non-hydrogen) atoms. The molecule has 0 aliphatic heterocycles. The molecule has 5 heteroatoms. The Bertz CT molecular complexity index is 412. The number of rotatable bonds is 4. The van der Waals surface area contributed by atoms with Crippen LogP contribution in [0.15, 0.2) is 18.3 Å². The number of anilines is 1. The summed E-state index contributed by atoms with van der Waals surface area (Å²) < 4.78 is 0. The minimum atomic E-state index is -1.08. The normalized spacial score (nSPS) is 12.2. The fourth-order valence-electron chi connectivity index (χ4n) is 1.15. The van der Waals surface area contributed by atoms with E-state index in [0.29, 0.717) is 5.69 Å². The number of carbonyl (C=O) groups excluding carboxylic acids is 1. The summed E-state index contributed by atoms with van der Waals surface area (Å²) in [5.74, 6) is -1.03. The van der Waals surface area contributed by atoms with Crippen LogP contribution in [0.3, 0.4) is 0 Å². The molecule has 1 aromatic rings. The number of aromatic nitrogens is 1. The highest BCUT2D eigenvalue weighted by atomic mass is 16.4. The molecule has 0 fully saturated rings. The van der Waals surface area contributed by atoms with E-state index in [9.17, 15) is 9.59 Å². The van der Waals surface area contributed by atoms with Gasteiger partial charge in [-0.3, -0.25) is 4.79 Å². The minimum absolute atomic E-state index is 0.0418. The number of aromatic carboxylic acids is 1. The van der Waals surface area contributed by atoms with Crippen LogP contribution in [0.4, 0.5) is 5.69 Å². The number of hydrogen-bond donors (Lipinski definition) is 2. The molecule has 92 valence electrons. The summed E-state index contributed by atoms with van der Waals surface area (Å²) in [7, 11) is 0. The third-order valence-corrected chi connectivity index (χ3v) is 2.66. The predicted octanol–water partition coefficient (Wildman–Crippen LogP) is 2.01. The van der Waals surface area contributed by atoms with Crippen LogP contribution in [0, 0.1) is 11.8 Å². The molecule has 0 saturated heterocycles. The fraction of sp³-hybridized carbons (Fsp3) is 0.417. The third kappa shape index (κ3) is 3.55. The minimum Gasteiger partial charge on any atom is -0.477 e. The predicted molar refractivity (Wildman–Crippen MR) is 63.8 cm³/mol. The molecule has 0 aliphatic carbocycles. The van der Waals surface area contributed by atoms with Crippen LogP contribution in [0.5, 0.6) is 0 Å². The number of nitrogens with zero attached hydrogens (tertiary/aromatic N) is 1. The van der Waals surface area contributed by atoms with Crippen molar-refractivity contribution in [1.82, 2.24) is 4.98 Å². The van der Waals surface area contributed by atoms with Crippen molar-refractivity contribution < 1.29 is 14.7 Å². The van der Waals surface area contributed by atoms with Gasteiger partial charge in [-0.15, -0.1) is 0 Å². The molecule has 1 aromatic heterocycles. The zero-order valence-corrected chi connectivity index (χ0v) is 10.1. The van der Waals surface area contributed by atoms with Gasteiger partial charge in [0.15, 0.2) is 0 Å². The number of pyridine rings is 1. The van der Waals surface area contributed by atoms with Crippen molar-refractivity contribution >= 4 is 17.6 Å². The summed E-state index contributed by atoms with van der Waals surface area (Å²) in [5.41, 5.74) is 0.465. The van der Waals surface area contributed by atoms with Gasteiger partial charge < -0.3 is 10.4 Å². The zero-order chi connectivity index (χ0) is 13.0. The summed E-state index contributed by atoms with van der Waals surface area (Å²) in [6.07, 6.45) is 1.34. The molecule has 0 bridgehead atoms. The lowest BCUT2D eigenvalue weighted by atomic mass is 9.97. The second-order valence-corrected chi connectivity index (χ2v) is 4.26. The van der Waals surface area contributed by atoms with Gasteiger partial charge in [0, 0.05) is 5.92 Å². The van der Waals surface area contributed by atoms with Crippen LogP contribution in [0.2, 0.25) is 0 Å². The largest absolute Gasteiger partial charge is 0.477 e. The highest BCUT2D eigenvalue weighted by Gasteiger charge is 2.16. The van der Waals surface area contributed by atoms with Gasteiger partial charge in [-0.05, 0) is 18.1 Å². The SMILES string of the molecule is CC(C)C(C)C(=O)Nc1ccc(C(=O)O)nc1. The second-order valence-electron chi connectivity index (χ2n) is 4.26. The zero-order valence-electron chi connectivity index (χ0n) is 10.1. The van der Waals surface area contributed by atoms with E-state index in [0.717, 1.165) is 0 Å². The van der Waals surface area contributed by atoms with Gasteiger partial charge in [0.1, 0.15) is 5.69 Å². The quantitative estimate of drug-likeness (QED) is 0.838. The van der Waals surface area contributed by atoms with E-state index in [4.69, 9.17) is 5.11 Å². The Morgan fingerprint density at radius 1 is 1.29 bits per heavy atom. The average Bonchev–Trinajstić information content (AvgIpc) is 2.28. The van der Waals surface area contributed by atoms with E-state index in [1.165, 1.54) is 18.3 Å². The van der Waals surface area contributed by atoms with Gasteiger partial charge in [0.25, 0.3) is 0 Å². The molecule has 0 aliphatic rings. The second kappa shape index (κ2) is 5.43. The summed E-state index contributed by atoms with van der Waals surface area (Å²) in [6.45, 7) is 5.78. The van der Waals surface area contributed by atoms with E-state index in [1.54, 1.807) is 0 Å². The first-order chi connectivity index (χ1) is 7.91. The van der Waals surface area contributed by atoms with Crippen LogP contribution in [0.25, 0.3) is 0 Å². The topological polar surface area (TPSA) is 79.3 Å². The molecule has 0 radical (unpaired) electrons. The molecule has 1 atom stereocenters. The van der Waals surface area contributed by atoms with Gasteiger partial charge in [0.2, 0.25) is 5.91 Å². The summed E-state index contributed by atoms with van der Waals surface area (Å²) >= 11 is 0. The number of carboxylic acids is 1.